The molecule has 0 N–H and O–H groups in total. The average Bonchev–Trinajstić information content (AvgIpc) is 3.33. The predicted octanol–water partition coefficient (Wildman–Crippen LogP) is 2.26. The van der Waals surface area contributed by atoms with E-state index in [1.807, 2.05) is 6.07 Å². The van der Waals surface area contributed by atoms with E-state index in [-0.39, 0.29) is 5.56 Å². The fraction of sp³-hybridized carbons (Fsp3) is 0.650. The molecule has 2 aromatic rings. The smallest absolute Gasteiger partial charge is 0.267 e. The van der Waals surface area contributed by atoms with Crippen LogP contribution in [0.4, 0.5) is 0 Å². The Morgan fingerprint density at radius 1 is 1.08 bits per heavy atom. The molecule has 1 fully saturated rings. The first kappa shape index (κ1) is 16.2. The van der Waals surface area contributed by atoms with Gasteiger partial charge in [0.1, 0.15) is 5.76 Å². The number of rotatable bonds is 4. The summed E-state index contributed by atoms with van der Waals surface area (Å²) in [7, 11) is 0. The van der Waals surface area contributed by atoms with Gasteiger partial charge in [-0.25, -0.2) is 9.67 Å². The van der Waals surface area contributed by atoms with Crippen molar-refractivity contribution >= 4 is 0 Å². The van der Waals surface area contributed by atoms with E-state index in [1.54, 1.807) is 4.68 Å². The van der Waals surface area contributed by atoms with Crippen molar-refractivity contribution in [3.63, 3.8) is 0 Å². The number of fused-ring (bicyclic) bond motifs is 2. The normalized spacial score (nSPS) is 22.5. The lowest BCUT2D eigenvalue weighted by molar-refractivity contribution is 0.196. The van der Waals surface area contributed by atoms with Crippen LogP contribution in [-0.2, 0) is 38.8 Å². The first-order valence-corrected chi connectivity index (χ1v) is 10.1. The average molecular weight is 354 g/mol. The molecule has 0 spiro atoms. The van der Waals surface area contributed by atoms with Crippen LogP contribution in [0.15, 0.2) is 15.3 Å². The van der Waals surface area contributed by atoms with Crippen LogP contribution >= 0.6 is 0 Å². The number of hydrogen-bond acceptors (Lipinski definition) is 5. The highest BCUT2D eigenvalue weighted by Crippen LogP contribution is 2.26. The Hall–Kier alpha value is -1.95. The first-order chi connectivity index (χ1) is 12.8. The molecule has 0 radical (unpaired) electrons. The van der Waals surface area contributed by atoms with Crippen LogP contribution < -0.4 is 5.56 Å². The first-order valence-electron chi connectivity index (χ1n) is 10.1. The number of hydrogen-bond donors (Lipinski definition) is 0. The van der Waals surface area contributed by atoms with E-state index in [4.69, 9.17) is 9.52 Å². The van der Waals surface area contributed by atoms with Gasteiger partial charge in [-0.15, -0.1) is 0 Å². The molecule has 3 aliphatic rings. The third-order valence-electron chi connectivity index (χ3n) is 6.13. The Morgan fingerprint density at radius 3 is 2.88 bits per heavy atom. The zero-order valence-electron chi connectivity index (χ0n) is 15.2. The molecule has 0 bridgehead atoms. The number of likely N-dealkylation sites (tertiary alicyclic amines) is 1. The predicted molar refractivity (Wildman–Crippen MR) is 97.1 cm³/mol. The Balaban J connectivity index is 1.32. The van der Waals surface area contributed by atoms with Gasteiger partial charge in [-0.3, -0.25) is 9.69 Å². The Morgan fingerprint density at radius 2 is 1.96 bits per heavy atom. The summed E-state index contributed by atoms with van der Waals surface area (Å²) < 4.78 is 7.64. The van der Waals surface area contributed by atoms with Crippen molar-refractivity contribution in [2.24, 2.45) is 0 Å². The lowest BCUT2D eigenvalue weighted by atomic mass is 9.97. The zero-order chi connectivity index (χ0) is 17.5. The SMILES string of the molecule is O=c1cc2c(nn1CC1CCCN1Cc1nc3c(o1)CCC3)CCCC2. The summed E-state index contributed by atoms with van der Waals surface area (Å²) in [6, 6.07) is 2.16. The van der Waals surface area contributed by atoms with Gasteiger partial charge in [-0.05, 0) is 63.5 Å². The fourth-order valence-corrected chi connectivity index (χ4v) is 4.73. The van der Waals surface area contributed by atoms with Gasteiger partial charge in [0.15, 0.2) is 0 Å². The van der Waals surface area contributed by atoms with E-state index >= 15 is 0 Å². The minimum absolute atomic E-state index is 0.0487. The molecule has 1 unspecified atom stereocenters. The van der Waals surface area contributed by atoms with Crippen molar-refractivity contribution < 1.29 is 4.42 Å². The molecule has 3 heterocycles. The maximum absolute atomic E-state index is 12.5. The second-order valence-corrected chi connectivity index (χ2v) is 7.94. The van der Waals surface area contributed by atoms with E-state index in [2.05, 4.69) is 9.88 Å². The second kappa shape index (κ2) is 6.65. The monoisotopic (exact) mass is 354 g/mol. The molecule has 0 saturated carbocycles. The molecule has 1 saturated heterocycles. The summed E-state index contributed by atoms with van der Waals surface area (Å²) in [5.41, 5.74) is 3.50. The Kier molecular flexibility index (Phi) is 4.15. The highest BCUT2D eigenvalue weighted by molar-refractivity contribution is 5.20. The maximum atomic E-state index is 12.5. The summed E-state index contributed by atoms with van der Waals surface area (Å²) in [4.78, 5) is 19.6. The van der Waals surface area contributed by atoms with E-state index in [0.717, 1.165) is 80.2 Å². The van der Waals surface area contributed by atoms with Crippen molar-refractivity contribution in [2.45, 2.75) is 76.9 Å². The molecule has 6 nitrogen and oxygen atoms in total. The molecule has 0 aromatic carbocycles. The minimum Gasteiger partial charge on any atom is -0.444 e. The molecule has 6 heteroatoms. The zero-order valence-corrected chi connectivity index (χ0v) is 15.2. The molecular formula is C20H26N4O2. The summed E-state index contributed by atoms with van der Waals surface area (Å²) >= 11 is 0. The fourth-order valence-electron chi connectivity index (χ4n) is 4.73. The van der Waals surface area contributed by atoms with Crippen molar-refractivity contribution in [1.82, 2.24) is 19.7 Å². The second-order valence-electron chi connectivity index (χ2n) is 7.94. The van der Waals surface area contributed by atoms with Crippen LogP contribution in [0.2, 0.25) is 0 Å². The van der Waals surface area contributed by atoms with Crippen LogP contribution in [0, 0.1) is 0 Å². The molecular weight excluding hydrogens is 328 g/mol. The molecule has 1 atom stereocenters. The number of nitrogens with zero attached hydrogens (tertiary/aromatic N) is 4. The van der Waals surface area contributed by atoms with Gasteiger partial charge in [0, 0.05) is 18.5 Å². The minimum atomic E-state index is 0.0487. The van der Waals surface area contributed by atoms with Gasteiger partial charge in [0.25, 0.3) is 5.56 Å². The lowest BCUT2D eigenvalue weighted by Crippen LogP contribution is -2.37. The summed E-state index contributed by atoms with van der Waals surface area (Å²) in [6.07, 6.45) is 9.87. The van der Waals surface area contributed by atoms with Crippen molar-refractivity contribution in [1.29, 1.82) is 0 Å². The third kappa shape index (κ3) is 3.00. The van der Waals surface area contributed by atoms with Gasteiger partial charge >= 0.3 is 0 Å². The van der Waals surface area contributed by atoms with Gasteiger partial charge < -0.3 is 4.42 Å². The summed E-state index contributed by atoms with van der Waals surface area (Å²) in [5.74, 6) is 1.93. The van der Waals surface area contributed by atoms with Crippen LogP contribution in [-0.4, -0.2) is 32.3 Å². The van der Waals surface area contributed by atoms with Crippen molar-refractivity contribution in [2.75, 3.05) is 6.54 Å². The molecule has 2 aliphatic carbocycles. The largest absolute Gasteiger partial charge is 0.444 e. The van der Waals surface area contributed by atoms with E-state index in [0.29, 0.717) is 12.6 Å². The van der Waals surface area contributed by atoms with Gasteiger partial charge in [0.2, 0.25) is 5.89 Å². The molecule has 2 aromatic heterocycles. The maximum Gasteiger partial charge on any atom is 0.267 e. The van der Waals surface area contributed by atoms with E-state index in [1.165, 1.54) is 19.3 Å². The van der Waals surface area contributed by atoms with Gasteiger partial charge in [-0.2, -0.15) is 5.10 Å². The molecule has 5 rings (SSSR count). The van der Waals surface area contributed by atoms with Crippen LogP contribution in [0.5, 0.6) is 0 Å². The lowest BCUT2D eigenvalue weighted by Gasteiger charge is -2.24. The Bertz CT molecular complexity index is 848. The molecule has 26 heavy (non-hydrogen) atoms. The number of aromatic nitrogens is 3. The summed E-state index contributed by atoms with van der Waals surface area (Å²) in [5, 5.41) is 4.70. The van der Waals surface area contributed by atoms with E-state index < -0.39 is 0 Å². The third-order valence-corrected chi connectivity index (χ3v) is 6.13. The molecule has 1 aliphatic heterocycles. The summed E-state index contributed by atoms with van der Waals surface area (Å²) in [6.45, 7) is 2.46. The van der Waals surface area contributed by atoms with Crippen LogP contribution in [0.1, 0.15) is 60.7 Å². The topological polar surface area (TPSA) is 64.2 Å². The molecule has 0 amide bonds. The number of oxazole rings is 1. The van der Waals surface area contributed by atoms with Crippen LogP contribution in [0.25, 0.3) is 0 Å². The highest BCUT2D eigenvalue weighted by Gasteiger charge is 2.28. The Labute approximate surface area is 153 Å². The van der Waals surface area contributed by atoms with Gasteiger partial charge in [0.05, 0.1) is 24.5 Å². The van der Waals surface area contributed by atoms with Crippen LogP contribution in [0.3, 0.4) is 0 Å². The van der Waals surface area contributed by atoms with E-state index in [9.17, 15) is 4.79 Å². The van der Waals surface area contributed by atoms with Gasteiger partial charge in [-0.1, -0.05) is 0 Å². The van der Waals surface area contributed by atoms with Crippen molar-refractivity contribution in [3.05, 3.63) is 45.0 Å². The quantitative estimate of drug-likeness (QED) is 0.843. The standard InChI is InChI=1S/C20H26N4O2/c25-20-11-14-5-1-2-7-16(14)22-24(20)12-15-6-4-10-23(15)13-19-21-17-8-3-9-18(17)26-19/h11,15H,1-10,12-13H2. The van der Waals surface area contributed by atoms with Crippen molar-refractivity contribution in [3.8, 4) is 0 Å². The number of aryl methyl sites for hydroxylation is 4. The molecule has 138 valence electrons. The highest BCUT2D eigenvalue weighted by atomic mass is 16.4.